The smallest absolute Gasteiger partial charge is 0.341 e. The highest BCUT2D eigenvalue weighted by atomic mass is 32.2. The molecule has 2 aromatic rings. The van der Waals surface area contributed by atoms with Crippen LogP contribution in [0.15, 0.2) is 11.1 Å². The molecule has 0 aromatic carbocycles. The molecular formula is C21H23N3O3S2. The molecule has 0 fully saturated rings. The van der Waals surface area contributed by atoms with Crippen LogP contribution in [0.3, 0.4) is 0 Å². The van der Waals surface area contributed by atoms with E-state index in [2.05, 4.69) is 16.4 Å². The number of rotatable bonds is 6. The minimum Gasteiger partial charge on any atom is -0.462 e. The fourth-order valence-electron chi connectivity index (χ4n) is 3.41. The lowest BCUT2D eigenvalue weighted by Gasteiger charge is -2.12. The molecule has 2 aromatic heterocycles. The third kappa shape index (κ3) is 4.80. The fourth-order valence-corrected chi connectivity index (χ4v) is 5.61. The summed E-state index contributed by atoms with van der Waals surface area (Å²) in [7, 11) is 0. The maximum Gasteiger partial charge on any atom is 0.341 e. The number of thiophene rings is 1. The Morgan fingerprint density at radius 3 is 2.83 bits per heavy atom. The van der Waals surface area contributed by atoms with E-state index >= 15 is 0 Å². The van der Waals surface area contributed by atoms with Crippen LogP contribution in [0.5, 0.6) is 0 Å². The quantitative estimate of drug-likeness (QED) is 0.540. The maximum atomic E-state index is 12.6. The second-order valence-electron chi connectivity index (χ2n) is 6.84. The van der Waals surface area contributed by atoms with Gasteiger partial charge < -0.3 is 10.1 Å². The van der Waals surface area contributed by atoms with E-state index in [1.165, 1.54) is 23.1 Å². The van der Waals surface area contributed by atoms with Gasteiger partial charge >= 0.3 is 5.97 Å². The van der Waals surface area contributed by atoms with Crippen molar-refractivity contribution in [1.29, 1.82) is 5.26 Å². The zero-order valence-electron chi connectivity index (χ0n) is 16.8. The molecule has 8 heteroatoms. The minimum absolute atomic E-state index is 0.107. The monoisotopic (exact) mass is 429 g/mol. The summed E-state index contributed by atoms with van der Waals surface area (Å²) in [6.07, 6.45) is 3.89. The van der Waals surface area contributed by atoms with E-state index in [1.54, 1.807) is 6.92 Å². The Labute approximate surface area is 178 Å². The number of hydrogen-bond donors (Lipinski definition) is 1. The number of anilines is 1. The van der Waals surface area contributed by atoms with Gasteiger partial charge in [-0.1, -0.05) is 11.8 Å². The molecule has 0 saturated heterocycles. The van der Waals surface area contributed by atoms with Crippen LogP contribution in [0.1, 0.15) is 57.4 Å². The molecule has 0 spiro atoms. The van der Waals surface area contributed by atoms with Gasteiger partial charge in [-0.05, 0) is 63.6 Å². The van der Waals surface area contributed by atoms with Crippen molar-refractivity contribution < 1.29 is 14.3 Å². The highest BCUT2D eigenvalue weighted by Crippen LogP contribution is 2.38. The molecule has 1 N–H and O–H groups in total. The Balaban J connectivity index is 1.77. The van der Waals surface area contributed by atoms with Crippen LogP contribution in [-0.4, -0.2) is 29.2 Å². The van der Waals surface area contributed by atoms with Crippen LogP contribution >= 0.6 is 23.1 Å². The zero-order chi connectivity index (χ0) is 21.0. The summed E-state index contributed by atoms with van der Waals surface area (Å²) >= 11 is 2.70. The van der Waals surface area contributed by atoms with E-state index in [0.717, 1.165) is 47.4 Å². The van der Waals surface area contributed by atoms with Crippen molar-refractivity contribution in [2.45, 2.75) is 51.5 Å². The summed E-state index contributed by atoms with van der Waals surface area (Å²) in [6, 6.07) is 4.01. The van der Waals surface area contributed by atoms with Crippen molar-refractivity contribution in [3.8, 4) is 6.07 Å². The molecule has 3 rings (SSSR count). The molecule has 0 atom stereocenters. The normalized spacial score (nSPS) is 12.8. The number of carbonyl (C=O) groups is 2. The van der Waals surface area contributed by atoms with Crippen molar-refractivity contribution in [3.63, 3.8) is 0 Å². The number of aromatic nitrogens is 1. The number of carbonyl (C=O) groups excluding carboxylic acids is 2. The van der Waals surface area contributed by atoms with E-state index in [1.807, 2.05) is 19.9 Å². The third-order valence-corrected chi connectivity index (χ3v) is 6.85. The lowest BCUT2D eigenvalue weighted by Crippen LogP contribution is -2.17. The molecule has 2 heterocycles. The summed E-state index contributed by atoms with van der Waals surface area (Å²) in [5.74, 6) is -0.503. The van der Waals surface area contributed by atoms with Crippen molar-refractivity contribution in [3.05, 3.63) is 38.9 Å². The number of ether oxygens (including phenoxy) is 1. The number of nitrogens with one attached hydrogen (secondary N) is 1. The van der Waals surface area contributed by atoms with Gasteiger partial charge in [-0.25, -0.2) is 9.78 Å². The number of amides is 1. The highest BCUT2D eigenvalue weighted by Gasteiger charge is 2.27. The molecule has 1 aliphatic carbocycles. The van der Waals surface area contributed by atoms with E-state index in [-0.39, 0.29) is 17.6 Å². The molecule has 0 radical (unpaired) electrons. The first kappa shape index (κ1) is 21.3. The van der Waals surface area contributed by atoms with Crippen LogP contribution < -0.4 is 5.32 Å². The predicted octanol–water partition coefficient (Wildman–Crippen LogP) is 4.42. The van der Waals surface area contributed by atoms with E-state index in [0.29, 0.717) is 27.8 Å². The van der Waals surface area contributed by atoms with E-state index in [9.17, 15) is 14.9 Å². The number of thioether (sulfide) groups is 1. The first-order chi connectivity index (χ1) is 13.9. The van der Waals surface area contributed by atoms with Crippen molar-refractivity contribution in [2.75, 3.05) is 17.7 Å². The Bertz CT molecular complexity index is 992. The topological polar surface area (TPSA) is 92.1 Å². The van der Waals surface area contributed by atoms with Gasteiger partial charge in [0, 0.05) is 10.6 Å². The van der Waals surface area contributed by atoms with Gasteiger partial charge in [-0.3, -0.25) is 4.79 Å². The van der Waals surface area contributed by atoms with Gasteiger partial charge in [0.15, 0.2) is 0 Å². The first-order valence-corrected chi connectivity index (χ1v) is 11.4. The van der Waals surface area contributed by atoms with E-state index < -0.39 is 0 Å². The summed E-state index contributed by atoms with van der Waals surface area (Å²) in [4.78, 5) is 30.7. The van der Waals surface area contributed by atoms with Crippen LogP contribution in [0.25, 0.3) is 0 Å². The van der Waals surface area contributed by atoms with Crippen molar-refractivity contribution in [1.82, 2.24) is 4.98 Å². The average molecular weight is 430 g/mol. The standard InChI is InChI=1S/C21H23N3O3S2/c1-4-27-21(26)18-14-7-5-6-8-16(14)29-20(18)24-17(25)11-28-19-15(10-22)12(2)9-13(3)23-19/h9H,4-8,11H2,1-3H3,(H,24,25). The maximum absolute atomic E-state index is 12.6. The second kappa shape index (κ2) is 9.42. The summed E-state index contributed by atoms with van der Waals surface area (Å²) in [5, 5.41) is 13.4. The van der Waals surface area contributed by atoms with Gasteiger partial charge in [-0.2, -0.15) is 5.26 Å². The molecule has 1 aliphatic rings. The van der Waals surface area contributed by atoms with Crippen molar-refractivity contribution in [2.24, 2.45) is 0 Å². The Morgan fingerprint density at radius 1 is 1.34 bits per heavy atom. The molecule has 152 valence electrons. The molecule has 1 amide bonds. The molecule has 0 aliphatic heterocycles. The number of hydrogen-bond acceptors (Lipinski definition) is 7. The Morgan fingerprint density at radius 2 is 2.10 bits per heavy atom. The molecule has 0 saturated carbocycles. The number of aryl methyl sites for hydroxylation is 3. The predicted molar refractivity (Wildman–Crippen MR) is 115 cm³/mol. The van der Waals surface area contributed by atoms with Gasteiger partial charge in [-0.15, -0.1) is 11.3 Å². The lowest BCUT2D eigenvalue weighted by atomic mass is 9.95. The summed E-state index contributed by atoms with van der Waals surface area (Å²) in [6.45, 7) is 5.79. The van der Waals surface area contributed by atoms with Gasteiger partial charge in [0.05, 0.1) is 23.5 Å². The second-order valence-corrected chi connectivity index (χ2v) is 8.91. The van der Waals surface area contributed by atoms with E-state index in [4.69, 9.17) is 4.74 Å². The molecule has 6 nitrogen and oxygen atoms in total. The van der Waals surface area contributed by atoms with Crippen molar-refractivity contribution >= 4 is 40.0 Å². The fraction of sp³-hybridized carbons (Fsp3) is 0.429. The highest BCUT2D eigenvalue weighted by molar-refractivity contribution is 8.00. The average Bonchev–Trinajstić information content (AvgIpc) is 3.04. The van der Waals surface area contributed by atoms with Crippen LogP contribution in [-0.2, 0) is 22.4 Å². The number of nitrogens with zero attached hydrogens (tertiary/aromatic N) is 2. The van der Waals surface area contributed by atoms with Crippen LogP contribution in [0.4, 0.5) is 5.00 Å². The van der Waals surface area contributed by atoms with Crippen LogP contribution in [0, 0.1) is 25.2 Å². The largest absolute Gasteiger partial charge is 0.462 e. The molecule has 0 bridgehead atoms. The SMILES string of the molecule is CCOC(=O)c1c(NC(=O)CSc2nc(C)cc(C)c2C#N)sc2c1CCCC2. The van der Waals surface area contributed by atoms with Gasteiger partial charge in [0.1, 0.15) is 16.1 Å². The lowest BCUT2D eigenvalue weighted by molar-refractivity contribution is -0.113. The molecular weight excluding hydrogens is 406 g/mol. The van der Waals surface area contributed by atoms with Gasteiger partial charge in [0.2, 0.25) is 5.91 Å². The summed E-state index contributed by atoms with van der Waals surface area (Å²) < 4.78 is 5.23. The zero-order valence-corrected chi connectivity index (χ0v) is 18.4. The number of esters is 1. The first-order valence-electron chi connectivity index (χ1n) is 9.57. The number of nitriles is 1. The van der Waals surface area contributed by atoms with Gasteiger partial charge in [0.25, 0.3) is 0 Å². The number of pyridine rings is 1. The third-order valence-electron chi connectivity index (χ3n) is 4.67. The Kier molecular flexibility index (Phi) is 6.93. The molecule has 0 unspecified atom stereocenters. The van der Waals surface area contributed by atoms with Crippen LogP contribution in [0.2, 0.25) is 0 Å². The number of fused-ring (bicyclic) bond motifs is 1. The summed E-state index contributed by atoms with van der Waals surface area (Å²) in [5.41, 5.74) is 3.67. The molecule has 29 heavy (non-hydrogen) atoms. The Hall–Kier alpha value is -2.37. The minimum atomic E-state index is -0.377.